The molecule has 0 bridgehead atoms. The molecule has 26 heavy (non-hydrogen) atoms. The number of benzene rings is 1. The van der Waals surface area contributed by atoms with Crippen molar-refractivity contribution in [2.45, 2.75) is 31.7 Å². The first-order valence-corrected chi connectivity index (χ1v) is 9.07. The molecule has 3 heterocycles. The molecule has 1 aliphatic carbocycles. The van der Waals surface area contributed by atoms with Crippen molar-refractivity contribution in [3.05, 3.63) is 36.7 Å². The van der Waals surface area contributed by atoms with Gasteiger partial charge in [0.05, 0.1) is 17.1 Å². The molecule has 7 heteroatoms. The van der Waals surface area contributed by atoms with Gasteiger partial charge in [0.1, 0.15) is 11.5 Å². The molecule has 0 amide bonds. The molecule has 3 aromatic heterocycles. The first-order chi connectivity index (χ1) is 12.8. The van der Waals surface area contributed by atoms with Gasteiger partial charge in [0.2, 0.25) is 5.95 Å². The van der Waals surface area contributed by atoms with E-state index in [1.54, 1.807) is 0 Å². The van der Waals surface area contributed by atoms with Crippen molar-refractivity contribution in [1.29, 1.82) is 0 Å². The van der Waals surface area contributed by atoms with Crippen LogP contribution in [0.2, 0.25) is 0 Å². The predicted molar refractivity (Wildman–Crippen MR) is 104 cm³/mol. The number of aromatic nitrogens is 5. The van der Waals surface area contributed by atoms with E-state index in [9.17, 15) is 0 Å². The Morgan fingerprint density at radius 1 is 1.15 bits per heavy atom. The molecule has 0 radical (unpaired) electrons. The Hall–Kier alpha value is -3.09. The average molecular weight is 347 g/mol. The molecule has 0 saturated heterocycles. The molecule has 3 N–H and O–H groups in total. The van der Waals surface area contributed by atoms with Crippen molar-refractivity contribution in [2.24, 2.45) is 7.05 Å². The van der Waals surface area contributed by atoms with Gasteiger partial charge < -0.3 is 15.6 Å². The predicted octanol–water partition coefficient (Wildman–Crippen LogP) is 3.94. The smallest absolute Gasteiger partial charge is 0.231 e. The van der Waals surface area contributed by atoms with Gasteiger partial charge in [-0.3, -0.25) is 4.68 Å². The summed E-state index contributed by atoms with van der Waals surface area (Å²) in [6.07, 6.45) is 8.75. The molecule has 0 atom stereocenters. The fourth-order valence-corrected chi connectivity index (χ4v) is 3.72. The minimum Gasteiger partial charge on any atom is -0.367 e. The molecule has 4 aromatic rings. The van der Waals surface area contributed by atoms with Crippen molar-refractivity contribution in [3.8, 4) is 0 Å². The monoisotopic (exact) mass is 347 g/mol. The van der Waals surface area contributed by atoms with E-state index in [0.29, 0.717) is 12.0 Å². The molecule has 7 nitrogen and oxygen atoms in total. The Labute approximate surface area is 150 Å². The quantitative estimate of drug-likeness (QED) is 0.521. The highest BCUT2D eigenvalue weighted by Gasteiger charge is 2.17. The maximum Gasteiger partial charge on any atom is 0.231 e. The van der Waals surface area contributed by atoms with Gasteiger partial charge in [0.25, 0.3) is 0 Å². The number of nitrogens with one attached hydrogen (secondary N) is 3. The molecule has 1 fully saturated rings. The van der Waals surface area contributed by atoms with Crippen LogP contribution >= 0.6 is 0 Å². The molecular weight excluding hydrogens is 326 g/mol. The van der Waals surface area contributed by atoms with E-state index in [1.165, 1.54) is 25.7 Å². The maximum atomic E-state index is 4.75. The molecule has 0 aliphatic heterocycles. The van der Waals surface area contributed by atoms with Crippen LogP contribution in [0.5, 0.6) is 0 Å². The fraction of sp³-hybridized carbons (Fsp3) is 0.316. The van der Waals surface area contributed by atoms with E-state index < -0.39 is 0 Å². The van der Waals surface area contributed by atoms with Crippen LogP contribution < -0.4 is 10.6 Å². The lowest BCUT2D eigenvalue weighted by atomic mass is 10.2. The van der Waals surface area contributed by atoms with E-state index in [-0.39, 0.29) is 0 Å². The number of anilines is 3. The molecule has 0 spiro atoms. The van der Waals surface area contributed by atoms with Crippen molar-refractivity contribution in [3.63, 3.8) is 0 Å². The number of aryl methyl sites for hydroxylation is 1. The zero-order valence-corrected chi connectivity index (χ0v) is 14.7. The van der Waals surface area contributed by atoms with Crippen LogP contribution in [0, 0.1) is 0 Å². The lowest BCUT2D eigenvalue weighted by molar-refractivity contribution is 0.752. The fourth-order valence-electron chi connectivity index (χ4n) is 3.72. The van der Waals surface area contributed by atoms with Crippen LogP contribution in [-0.4, -0.2) is 30.8 Å². The SMILES string of the molecule is Cn1ncc2ccc(Nc3nc(NC4CCCC4)c4cc[nH]c4n3)cc21. The molecule has 1 aliphatic rings. The summed E-state index contributed by atoms with van der Waals surface area (Å²) in [7, 11) is 1.94. The zero-order chi connectivity index (χ0) is 17.5. The summed E-state index contributed by atoms with van der Waals surface area (Å²) < 4.78 is 1.86. The van der Waals surface area contributed by atoms with E-state index in [4.69, 9.17) is 4.98 Å². The number of aromatic amines is 1. The minimum absolute atomic E-state index is 0.502. The number of hydrogen-bond acceptors (Lipinski definition) is 5. The largest absolute Gasteiger partial charge is 0.367 e. The van der Waals surface area contributed by atoms with Crippen LogP contribution in [0.15, 0.2) is 36.7 Å². The van der Waals surface area contributed by atoms with Gasteiger partial charge in [-0.05, 0) is 37.1 Å². The highest BCUT2D eigenvalue weighted by atomic mass is 15.2. The normalized spacial score (nSPS) is 15.1. The summed E-state index contributed by atoms with van der Waals surface area (Å²) >= 11 is 0. The molecule has 5 rings (SSSR count). The first kappa shape index (κ1) is 15.2. The second kappa shape index (κ2) is 6.01. The highest BCUT2D eigenvalue weighted by molar-refractivity contribution is 5.89. The standard InChI is InChI=1S/C19H21N7/c1-26-16-10-14(7-6-12(16)11-21-26)23-19-24-17-15(8-9-20-17)18(25-19)22-13-4-2-3-5-13/h6-11,13H,2-5H2,1H3,(H3,20,22,23,24,25). The van der Waals surface area contributed by atoms with Crippen molar-refractivity contribution >= 4 is 39.4 Å². The Balaban J connectivity index is 1.50. The molecular formula is C19H21N7. The van der Waals surface area contributed by atoms with Gasteiger partial charge in [-0.15, -0.1) is 0 Å². The maximum absolute atomic E-state index is 4.75. The summed E-state index contributed by atoms with van der Waals surface area (Å²) in [5, 5.41) is 13.4. The van der Waals surface area contributed by atoms with Gasteiger partial charge >= 0.3 is 0 Å². The number of nitrogens with zero attached hydrogens (tertiary/aromatic N) is 4. The lowest BCUT2D eigenvalue weighted by Gasteiger charge is -2.14. The lowest BCUT2D eigenvalue weighted by Crippen LogP contribution is -2.16. The zero-order valence-electron chi connectivity index (χ0n) is 14.7. The number of H-pyrrole nitrogens is 1. The first-order valence-electron chi connectivity index (χ1n) is 9.07. The third-order valence-electron chi connectivity index (χ3n) is 5.12. The molecule has 0 unspecified atom stereocenters. The van der Waals surface area contributed by atoms with Crippen LogP contribution in [0.3, 0.4) is 0 Å². The van der Waals surface area contributed by atoms with Gasteiger partial charge in [0.15, 0.2) is 0 Å². The highest BCUT2D eigenvalue weighted by Crippen LogP contribution is 2.28. The van der Waals surface area contributed by atoms with Gasteiger partial charge in [-0.2, -0.15) is 15.1 Å². The second-order valence-corrected chi connectivity index (χ2v) is 6.93. The third-order valence-corrected chi connectivity index (χ3v) is 5.12. The van der Waals surface area contributed by atoms with E-state index >= 15 is 0 Å². The van der Waals surface area contributed by atoms with Gasteiger partial charge in [-0.25, -0.2) is 0 Å². The molecule has 132 valence electrons. The van der Waals surface area contributed by atoms with E-state index in [2.05, 4.69) is 37.8 Å². The van der Waals surface area contributed by atoms with Crippen LogP contribution in [0.25, 0.3) is 21.9 Å². The Morgan fingerprint density at radius 3 is 2.92 bits per heavy atom. The van der Waals surface area contributed by atoms with Crippen LogP contribution in [-0.2, 0) is 7.05 Å². The minimum atomic E-state index is 0.502. The van der Waals surface area contributed by atoms with Gasteiger partial charge in [-0.1, -0.05) is 12.8 Å². The average Bonchev–Trinajstić information content (AvgIpc) is 3.37. The van der Waals surface area contributed by atoms with E-state index in [1.807, 2.05) is 36.3 Å². The van der Waals surface area contributed by atoms with Crippen molar-refractivity contribution < 1.29 is 0 Å². The van der Waals surface area contributed by atoms with Gasteiger partial charge in [0, 0.05) is 30.4 Å². The van der Waals surface area contributed by atoms with Crippen molar-refractivity contribution in [2.75, 3.05) is 10.6 Å². The summed E-state index contributed by atoms with van der Waals surface area (Å²) in [5.74, 6) is 1.48. The Morgan fingerprint density at radius 2 is 2.04 bits per heavy atom. The topological polar surface area (TPSA) is 83.5 Å². The summed E-state index contributed by atoms with van der Waals surface area (Å²) in [6.45, 7) is 0. The molecule has 1 aromatic carbocycles. The van der Waals surface area contributed by atoms with Crippen LogP contribution in [0.4, 0.5) is 17.5 Å². The summed E-state index contributed by atoms with van der Waals surface area (Å²) in [5.41, 5.74) is 2.85. The number of rotatable bonds is 4. The Kier molecular flexibility index (Phi) is 3.51. The Bertz CT molecular complexity index is 1070. The molecule has 1 saturated carbocycles. The summed E-state index contributed by atoms with van der Waals surface area (Å²) in [4.78, 5) is 12.6. The third kappa shape index (κ3) is 2.65. The second-order valence-electron chi connectivity index (χ2n) is 6.93. The number of fused-ring (bicyclic) bond motifs is 2. The van der Waals surface area contributed by atoms with Crippen LogP contribution in [0.1, 0.15) is 25.7 Å². The van der Waals surface area contributed by atoms with Crippen molar-refractivity contribution in [1.82, 2.24) is 24.7 Å². The summed E-state index contributed by atoms with van der Waals surface area (Å²) in [6, 6.07) is 8.67. The van der Waals surface area contributed by atoms with E-state index in [0.717, 1.165) is 33.4 Å². The number of hydrogen-bond donors (Lipinski definition) is 3.